The summed E-state index contributed by atoms with van der Waals surface area (Å²) in [5, 5.41) is 0. The minimum atomic E-state index is -2.10. The highest BCUT2D eigenvalue weighted by Crippen LogP contribution is 2.42. The van der Waals surface area contributed by atoms with Gasteiger partial charge in [0.05, 0.1) is 5.69 Å². The van der Waals surface area contributed by atoms with E-state index < -0.39 is 13.8 Å². The Morgan fingerprint density at radius 3 is 1.83 bits per heavy atom. The number of benzene rings is 2. The number of urea groups is 1. The van der Waals surface area contributed by atoms with Crippen LogP contribution in [-0.4, -0.2) is 24.7 Å². The Kier molecular flexibility index (Phi) is 3.84. The molecule has 2 aromatic carbocycles. The molecule has 1 heterocycles. The number of hydrogen-bond acceptors (Lipinski definition) is 2. The normalized spacial score (nSPS) is 21.5. The molecule has 0 bridgehead atoms. The van der Waals surface area contributed by atoms with Crippen molar-refractivity contribution in [1.82, 2.24) is 4.57 Å². The highest BCUT2D eigenvalue weighted by molar-refractivity contribution is 6.76. The number of para-hydroxylation sites is 1. The summed E-state index contributed by atoms with van der Waals surface area (Å²) in [6, 6.07) is 18.5. The zero-order valence-electron chi connectivity index (χ0n) is 14.5. The molecule has 5 heteroatoms. The molecule has 0 aliphatic carbocycles. The van der Waals surface area contributed by atoms with Crippen molar-refractivity contribution < 1.29 is 9.59 Å². The first-order valence-corrected chi connectivity index (χ1v) is 11.5. The molecule has 0 aromatic heterocycles. The van der Waals surface area contributed by atoms with Crippen LogP contribution in [0, 0.1) is 0 Å². The summed E-state index contributed by atoms with van der Waals surface area (Å²) >= 11 is 0. The molecule has 3 rings (SSSR count). The summed E-state index contributed by atoms with van der Waals surface area (Å²) in [5.74, 6) is -0.188. The largest absolute Gasteiger partial charge is 0.334 e. The lowest BCUT2D eigenvalue weighted by Gasteiger charge is -2.40. The van der Waals surface area contributed by atoms with Crippen LogP contribution in [0.5, 0.6) is 0 Å². The zero-order valence-corrected chi connectivity index (χ0v) is 15.5. The number of imide groups is 1. The van der Waals surface area contributed by atoms with Crippen molar-refractivity contribution in [2.24, 2.45) is 0 Å². The van der Waals surface area contributed by atoms with Crippen molar-refractivity contribution in [3.8, 4) is 0 Å². The molecule has 124 valence electrons. The van der Waals surface area contributed by atoms with Crippen LogP contribution < -0.4 is 4.90 Å². The molecule has 4 nitrogen and oxygen atoms in total. The summed E-state index contributed by atoms with van der Waals surface area (Å²) in [5.41, 5.74) is 0.498. The summed E-state index contributed by atoms with van der Waals surface area (Å²) in [6.07, 6.45) is 0. The van der Waals surface area contributed by atoms with Gasteiger partial charge in [-0.15, -0.1) is 0 Å². The molecular formula is C19H22N2O2Si. The van der Waals surface area contributed by atoms with E-state index in [0.29, 0.717) is 5.69 Å². The van der Waals surface area contributed by atoms with Gasteiger partial charge in [0.2, 0.25) is 0 Å². The molecular weight excluding hydrogens is 316 g/mol. The van der Waals surface area contributed by atoms with Crippen LogP contribution in [0.2, 0.25) is 19.6 Å². The fourth-order valence-electron chi connectivity index (χ4n) is 3.47. The van der Waals surface area contributed by atoms with E-state index in [4.69, 9.17) is 0 Å². The molecule has 0 spiro atoms. The van der Waals surface area contributed by atoms with Crippen molar-refractivity contribution >= 4 is 25.9 Å². The minimum absolute atomic E-state index is 0.188. The first-order chi connectivity index (χ1) is 11.3. The minimum Gasteiger partial charge on any atom is -0.334 e. The molecule has 1 unspecified atom stereocenters. The highest BCUT2D eigenvalue weighted by atomic mass is 28.3. The van der Waals surface area contributed by atoms with E-state index in [1.165, 1.54) is 4.90 Å². The average Bonchev–Trinajstić information content (AvgIpc) is 2.76. The second-order valence-corrected chi connectivity index (χ2v) is 12.0. The first-order valence-electron chi connectivity index (χ1n) is 8.07. The number of nitrogens with zero attached hydrogens (tertiary/aromatic N) is 2. The van der Waals surface area contributed by atoms with Gasteiger partial charge in [0.15, 0.2) is 8.24 Å². The van der Waals surface area contributed by atoms with E-state index in [1.807, 2.05) is 60.0 Å². The van der Waals surface area contributed by atoms with Gasteiger partial charge in [-0.05, 0) is 24.6 Å². The van der Waals surface area contributed by atoms with Gasteiger partial charge < -0.3 is 4.57 Å². The van der Waals surface area contributed by atoms with Crippen molar-refractivity contribution in [3.63, 3.8) is 0 Å². The number of hydrogen-bond donors (Lipinski definition) is 0. The standard InChI is InChI=1S/C19H22N2O2Si/c1-19(15-11-7-5-8-12-15)17(22)20(16-13-9-6-10-14-16)18(23)21(19)24(2,3)4/h5-14H,1-4H3. The van der Waals surface area contributed by atoms with Crippen molar-refractivity contribution in [3.05, 3.63) is 66.2 Å². The van der Waals surface area contributed by atoms with E-state index in [9.17, 15) is 9.59 Å². The van der Waals surface area contributed by atoms with Crippen LogP contribution in [0.25, 0.3) is 0 Å². The van der Waals surface area contributed by atoms with Crippen LogP contribution in [-0.2, 0) is 10.3 Å². The van der Waals surface area contributed by atoms with Gasteiger partial charge >= 0.3 is 6.03 Å². The molecule has 1 atom stereocenters. The number of amides is 3. The van der Waals surface area contributed by atoms with Gasteiger partial charge in [-0.25, -0.2) is 9.69 Å². The first kappa shape index (κ1) is 16.5. The maximum atomic E-state index is 13.4. The number of carbonyl (C=O) groups excluding carboxylic acids is 2. The smallest absolute Gasteiger partial charge is 0.324 e. The third kappa shape index (κ3) is 2.36. The lowest BCUT2D eigenvalue weighted by Crippen LogP contribution is -2.56. The Hall–Kier alpha value is -2.40. The fraction of sp³-hybridized carbons (Fsp3) is 0.263. The Balaban J connectivity index is 2.20. The van der Waals surface area contributed by atoms with Gasteiger partial charge in [0.25, 0.3) is 5.91 Å². The Morgan fingerprint density at radius 2 is 1.33 bits per heavy atom. The van der Waals surface area contributed by atoms with Crippen molar-refractivity contribution in [2.45, 2.75) is 32.1 Å². The number of rotatable bonds is 3. The molecule has 24 heavy (non-hydrogen) atoms. The lowest BCUT2D eigenvalue weighted by atomic mass is 9.92. The Labute approximate surface area is 143 Å². The summed E-state index contributed by atoms with van der Waals surface area (Å²) < 4.78 is 1.82. The molecule has 0 N–H and O–H groups in total. The Bertz CT molecular complexity index is 771. The highest BCUT2D eigenvalue weighted by Gasteiger charge is 2.59. The molecule has 1 aliphatic heterocycles. The molecule has 1 fully saturated rings. The molecule has 1 aliphatic rings. The second kappa shape index (κ2) is 5.60. The second-order valence-electron chi connectivity index (χ2n) is 7.20. The molecule has 0 saturated carbocycles. The molecule has 0 radical (unpaired) electrons. The summed E-state index contributed by atoms with van der Waals surface area (Å²) in [7, 11) is -2.10. The van der Waals surface area contributed by atoms with Crippen LogP contribution in [0.1, 0.15) is 12.5 Å². The van der Waals surface area contributed by atoms with Gasteiger partial charge in [0, 0.05) is 0 Å². The van der Waals surface area contributed by atoms with E-state index in [0.717, 1.165) is 5.56 Å². The monoisotopic (exact) mass is 338 g/mol. The predicted octanol–water partition coefficient (Wildman–Crippen LogP) is 4.21. The summed E-state index contributed by atoms with van der Waals surface area (Å²) in [6.45, 7) is 8.14. The average molecular weight is 338 g/mol. The van der Waals surface area contributed by atoms with Crippen LogP contribution >= 0.6 is 0 Å². The zero-order chi connectivity index (χ0) is 17.5. The molecule has 2 aromatic rings. The van der Waals surface area contributed by atoms with Gasteiger partial charge in [-0.1, -0.05) is 68.2 Å². The van der Waals surface area contributed by atoms with Crippen LogP contribution in [0.4, 0.5) is 10.5 Å². The quantitative estimate of drug-likeness (QED) is 0.621. The van der Waals surface area contributed by atoms with Crippen molar-refractivity contribution in [1.29, 1.82) is 0 Å². The maximum Gasteiger partial charge on any atom is 0.324 e. The van der Waals surface area contributed by atoms with E-state index in [2.05, 4.69) is 19.6 Å². The molecule has 1 saturated heterocycles. The van der Waals surface area contributed by atoms with E-state index in [-0.39, 0.29) is 11.9 Å². The number of anilines is 1. The predicted molar refractivity (Wildman–Crippen MR) is 98.3 cm³/mol. The fourth-order valence-corrected chi connectivity index (χ4v) is 5.71. The van der Waals surface area contributed by atoms with Gasteiger partial charge in [0.1, 0.15) is 5.54 Å². The third-order valence-corrected chi connectivity index (χ3v) is 6.45. The Morgan fingerprint density at radius 1 is 0.833 bits per heavy atom. The lowest BCUT2D eigenvalue weighted by molar-refractivity contribution is -0.123. The van der Waals surface area contributed by atoms with E-state index in [1.54, 1.807) is 12.1 Å². The SMILES string of the molecule is CC1(c2ccccc2)C(=O)N(c2ccccc2)C(=O)N1[Si](C)(C)C. The van der Waals surface area contributed by atoms with Crippen LogP contribution in [0.15, 0.2) is 60.7 Å². The molecule has 3 amide bonds. The number of carbonyl (C=O) groups is 2. The topological polar surface area (TPSA) is 40.6 Å². The van der Waals surface area contributed by atoms with Crippen LogP contribution in [0.3, 0.4) is 0 Å². The van der Waals surface area contributed by atoms with Gasteiger partial charge in [-0.3, -0.25) is 4.79 Å². The third-order valence-electron chi connectivity index (χ3n) is 4.47. The van der Waals surface area contributed by atoms with Crippen molar-refractivity contribution in [2.75, 3.05) is 4.90 Å². The van der Waals surface area contributed by atoms with Gasteiger partial charge in [-0.2, -0.15) is 0 Å². The maximum absolute atomic E-state index is 13.4. The van der Waals surface area contributed by atoms with E-state index >= 15 is 0 Å². The summed E-state index contributed by atoms with van der Waals surface area (Å²) in [4.78, 5) is 27.9.